The lowest BCUT2D eigenvalue weighted by atomic mass is 9.97. The summed E-state index contributed by atoms with van der Waals surface area (Å²) < 4.78 is 11.2. The number of benzene rings is 5. The molecule has 6 nitrogen and oxygen atoms in total. The third-order valence-electron chi connectivity index (χ3n) is 10.8. The number of pyridine rings is 3. The Bertz CT molecular complexity index is 3070. The predicted molar refractivity (Wildman–Crippen MR) is 218 cm³/mol. The highest BCUT2D eigenvalue weighted by Crippen LogP contribution is 2.39. The van der Waals surface area contributed by atoms with Gasteiger partial charge in [0.05, 0.1) is 34.1 Å². The van der Waals surface area contributed by atoms with Crippen molar-refractivity contribution in [3.8, 4) is 34.0 Å². The molecule has 0 aliphatic heterocycles. The molecule has 5 aromatic heterocycles. The molecular weight excluding hydrogens is 651 g/mol. The maximum absolute atomic E-state index is 6.71. The van der Waals surface area contributed by atoms with Gasteiger partial charge in [0.25, 0.3) is 0 Å². The molecule has 0 unspecified atom stereocenters. The van der Waals surface area contributed by atoms with E-state index < -0.39 is 0 Å². The Morgan fingerprint density at radius 3 is 1.87 bits per heavy atom. The van der Waals surface area contributed by atoms with E-state index in [9.17, 15) is 0 Å². The zero-order chi connectivity index (χ0) is 36.1. The number of hydrogen-bond donors (Lipinski definition) is 0. The van der Waals surface area contributed by atoms with E-state index >= 15 is 0 Å². The Kier molecular flexibility index (Phi) is 6.77. The molecule has 256 valence electrons. The number of rotatable bonds is 4. The summed E-state index contributed by atoms with van der Waals surface area (Å²) in [7, 11) is 0. The van der Waals surface area contributed by atoms with Crippen LogP contribution in [0.25, 0.3) is 77.3 Å². The summed E-state index contributed by atoms with van der Waals surface area (Å²) in [5.74, 6) is 1.47. The van der Waals surface area contributed by atoms with Gasteiger partial charge >= 0.3 is 0 Å². The molecule has 0 bridgehead atoms. The lowest BCUT2D eigenvalue weighted by Gasteiger charge is -2.15. The molecule has 0 atom stereocenters. The Labute approximate surface area is 307 Å². The molecule has 0 fully saturated rings. The minimum absolute atomic E-state index is 0.730. The molecule has 10 aromatic rings. The summed E-state index contributed by atoms with van der Waals surface area (Å²) in [6.45, 7) is 13.0. The van der Waals surface area contributed by atoms with Crippen LogP contribution in [0.2, 0.25) is 0 Å². The maximum atomic E-state index is 6.71. The summed E-state index contributed by atoms with van der Waals surface area (Å²) >= 11 is 0. The van der Waals surface area contributed by atoms with Crippen molar-refractivity contribution in [3.63, 3.8) is 0 Å². The maximum Gasteiger partial charge on any atom is 0.146 e. The van der Waals surface area contributed by atoms with Gasteiger partial charge in [0, 0.05) is 45.1 Å². The van der Waals surface area contributed by atoms with E-state index in [0.29, 0.717) is 0 Å². The van der Waals surface area contributed by atoms with Crippen LogP contribution in [0.3, 0.4) is 0 Å². The molecule has 0 radical (unpaired) electrons. The molecule has 0 aliphatic carbocycles. The fraction of sp³-hybridized carbons (Fsp3) is 0.128. The van der Waals surface area contributed by atoms with Crippen molar-refractivity contribution in [3.05, 3.63) is 149 Å². The molecular formula is C47H37N5O. The third kappa shape index (κ3) is 4.75. The van der Waals surface area contributed by atoms with E-state index in [1.807, 2.05) is 24.5 Å². The molecule has 10 rings (SSSR count). The minimum Gasteiger partial charge on any atom is -0.457 e. The van der Waals surface area contributed by atoms with Crippen LogP contribution in [0.1, 0.15) is 33.4 Å². The van der Waals surface area contributed by atoms with Crippen molar-refractivity contribution >= 4 is 54.8 Å². The van der Waals surface area contributed by atoms with Gasteiger partial charge in [0.15, 0.2) is 0 Å². The highest BCUT2D eigenvalue weighted by atomic mass is 16.5. The Hall–Kier alpha value is -6.53. The summed E-state index contributed by atoms with van der Waals surface area (Å²) in [6.07, 6.45) is 6.02. The van der Waals surface area contributed by atoms with Crippen LogP contribution in [0.5, 0.6) is 11.5 Å². The van der Waals surface area contributed by atoms with E-state index in [4.69, 9.17) is 19.7 Å². The van der Waals surface area contributed by atoms with Gasteiger partial charge in [-0.3, -0.25) is 13.8 Å². The molecule has 6 heteroatoms. The Balaban J connectivity index is 1.15. The van der Waals surface area contributed by atoms with E-state index in [-0.39, 0.29) is 0 Å². The molecule has 0 saturated carbocycles. The fourth-order valence-electron chi connectivity index (χ4n) is 8.82. The van der Waals surface area contributed by atoms with Crippen LogP contribution in [0, 0.1) is 41.5 Å². The largest absolute Gasteiger partial charge is 0.457 e. The standard InChI is InChI=1S/C47H37N5O/c1-26-18-28(3)43(29(4)19-26)39-25-51-41-12-9-17-48-45(41)36-16-14-33(23-38(36)47(51)50-39)53-32-13-15-34-35-10-7-8-11-40(35)52-42(24-49-46(52)37(34)22-32)44-30(5)20-27(2)21-31(44)6/h7-25H,1-6H3. The average Bonchev–Trinajstić information content (AvgIpc) is 3.77. The number of hydrogen-bond acceptors (Lipinski definition) is 4. The summed E-state index contributed by atoms with van der Waals surface area (Å²) in [5.41, 5.74) is 16.7. The van der Waals surface area contributed by atoms with Crippen molar-refractivity contribution in [2.45, 2.75) is 41.5 Å². The van der Waals surface area contributed by atoms with E-state index in [2.05, 4.69) is 141 Å². The van der Waals surface area contributed by atoms with Crippen molar-refractivity contribution in [1.82, 2.24) is 23.8 Å². The van der Waals surface area contributed by atoms with Gasteiger partial charge in [-0.25, -0.2) is 9.97 Å². The zero-order valence-electron chi connectivity index (χ0n) is 30.6. The van der Waals surface area contributed by atoms with Crippen LogP contribution in [0.15, 0.2) is 116 Å². The van der Waals surface area contributed by atoms with Gasteiger partial charge in [0.2, 0.25) is 0 Å². The smallest absolute Gasteiger partial charge is 0.146 e. The number of ether oxygens (including phenoxy) is 1. The second-order valence-corrected chi connectivity index (χ2v) is 14.6. The quantitative estimate of drug-likeness (QED) is 0.173. The molecule has 0 spiro atoms. The number of aryl methyl sites for hydroxylation is 6. The molecule has 0 saturated heterocycles. The van der Waals surface area contributed by atoms with Crippen molar-refractivity contribution in [2.75, 3.05) is 0 Å². The van der Waals surface area contributed by atoms with Crippen molar-refractivity contribution in [1.29, 1.82) is 0 Å². The number of para-hydroxylation sites is 1. The molecule has 0 N–H and O–H groups in total. The van der Waals surface area contributed by atoms with Crippen LogP contribution in [-0.2, 0) is 0 Å². The fourth-order valence-corrected chi connectivity index (χ4v) is 8.82. The first-order valence-electron chi connectivity index (χ1n) is 18.1. The normalized spacial score (nSPS) is 12.0. The summed E-state index contributed by atoms with van der Waals surface area (Å²) in [6, 6.07) is 34.2. The number of fused-ring (bicyclic) bond motifs is 12. The first kappa shape index (κ1) is 31.2. The second kappa shape index (κ2) is 11.5. The Morgan fingerprint density at radius 2 is 1.15 bits per heavy atom. The van der Waals surface area contributed by atoms with Gasteiger partial charge in [0.1, 0.15) is 22.8 Å². The minimum atomic E-state index is 0.730. The molecule has 5 heterocycles. The summed E-state index contributed by atoms with van der Waals surface area (Å²) in [4.78, 5) is 15.2. The van der Waals surface area contributed by atoms with Gasteiger partial charge < -0.3 is 4.74 Å². The highest BCUT2D eigenvalue weighted by molar-refractivity contribution is 6.13. The van der Waals surface area contributed by atoms with Gasteiger partial charge in [-0.15, -0.1) is 0 Å². The van der Waals surface area contributed by atoms with Gasteiger partial charge in [-0.1, -0.05) is 53.6 Å². The van der Waals surface area contributed by atoms with E-state index in [1.165, 1.54) is 49.9 Å². The lowest BCUT2D eigenvalue weighted by molar-refractivity contribution is 0.484. The number of aromatic nitrogens is 5. The zero-order valence-corrected chi connectivity index (χ0v) is 30.6. The number of nitrogens with zero attached hydrogens (tertiary/aromatic N) is 5. The third-order valence-corrected chi connectivity index (χ3v) is 10.8. The van der Waals surface area contributed by atoms with Crippen molar-refractivity contribution in [2.24, 2.45) is 0 Å². The SMILES string of the molecule is Cc1cc(C)c(-c2cn3c4cccnc4c4ccc(Oc5ccc6c7ccccc7n7c(-c8c(C)cc(C)cc8C)cnc7c6c5)cc4c3n2)c(C)c1. The van der Waals surface area contributed by atoms with E-state index in [1.54, 1.807) is 0 Å². The number of imidazole rings is 2. The first-order chi connectivity index (χ1) is 25.7. The van der Waals surface area contributed by atoms with Crippen LogP contribution in [0.4, 0.5) is 0 Å². The van der Waals surface area contributed by atoms with Crippen molar-refractivity contribution < 1.29 is 4.74 Å². The molecule has 53 heavy (non-hydrogen) atoms. The monoisotopic (exact) mass is 687 g/mol. The molecule has 5 aromatic carbocycles. The van der Waals surface area contributed by atoms with E-state index in [0.717, 1.165) is 72.3 Å². The first-order valence-corrected chi connectivity index (χ1v) is 18.1. The highest BCUT2D eigenvalue weighted by Gasteiger charge is 2.19. The van der Waals surface area contributed by atoms with Crippen LogP contribution >= 0.6 is 0 Å². The summed E-state index contributed by atoms with van der Waals surface area (Å²) in [5, 5.41) is 5.37. The Morgan fingerprint density at radius 1 is 0.528 bits per heavy atom. The van der Waals surface area contributed by atoms with Crippen LogP contribution in [-0.4, -0.2) is 23.8 Å². The van der Waals surface area contributed by atoms with Gasteiger partial charge in [-0.2, -0.15) is 0 Å². The molecule has 0 aliphatic rings. The second-order valence-electron chi connectivity index (χ2n) is 14.6. The lowest BCUT2D eigenvalue weighted by Crippen LogP contribution is -1.97. The predicted octanol–water partition coefficient (Wildman–Crippen LogP) is 12.0. The molecule has 0 amide bonds. The average molecular weight is 688 g/mol. The topological polar surface area (TPSA) is 56.7 Å². The van der Waals surface area contributed by atoms with Gasteiger partial charge in [-0.05, 0) is 124 Å². The van der Waals surface area contributed by atoms with Crippen LogP contribution < -0.4 is 4.74 Å².